The van der Waals surface area contributed by atoms with Crippen LogP contribution in [0, 0.1) is 16.7 Å². The van der Waals surface area contributed by atoms with Crippen molar-refractivity contribution in [2.24, 2.45) is 5.41 Å². The van der Waals surface area contributed by atoms with E-state index >= 15 is 0 Å². The molecule has 0 radical (unpaired) electrons. The molecule has 1 aromatic carbocycles. The van der Waals surface area contributed by atoms with Gasteiger partial charge >= 0.3 is 0 Å². The monoisotopic (exact) mass is 502 g/mol. The first kappa shape index (κ1) is 22.2. The minimum absolute atomic E-state index is 0.120. The third-order valence-corrected chi connectivity index (χ3v) is 12.0. The maximum atomic E-state index is 14.1. The number of morpholine rings is 1. The highest BCUT2D eigenvalue weighted by Crippen LogP contribution is 2.65. The van der Waals surface area contributed by atoms with Gasteiger partial charge in [-0.15, -0.1) is 0 Å². The minimum atomic E-state index is -1.17. The van der Waals surface area contributed by atoms with E-state index in [-0.39, 0.29) is 25.0 Å². The van der Waals surface area contributed by atoms with Gasteiger partial charge in [-0.25, -0.2) is 0 Å². The molecule has 6 rings (SSSR count). The van der Waals surface area contributed by atoms with Crippen molar-refractivity contribution in [3.63, 3.8) is 0 Å². The first-order chi connectivity index (χ1) is 16.3. The Balaban J connectivity index is 1.39. The molecule has 5 aliphatic rings. The predicted octanol–water partition coefficient (Wildman–Crippen LogP) is 0.899. The Hall–Kier alpha value is -2.26. The summed E-state index contributed by atoms with van der Waals surface area (Å²) >= 11 is 6.00. The summed E-state index contributed by atoms with van der Waals surface area (Å²) < 4.78 is 16.4. The highest BCUT2D eigenvalue weighted by molar-refractivity contribution is 8.31. The average Bonchev–Trinajstić information content (AvgIpc) is 3.50. The van der Waals surface area contributed by atoms with Crippen molar-refractivity contribution in [1.29, 1.82) is 5.26 Å². The van der Waals surface area contributed by atoms with Crippen LogP contribution in [0.3, 0.4) is 0 Å². The number of benzene rings is 1. The second-order valence-electron chi connectivity index (χ2n) is 9.84. The van der Waals surface area contributed by atoms with Crippen molar-refractivity contribution >= 4 is 32.5 Å². The molecule has 0 saturated carbocycles. The molecule has 0 aromatic heterocycles. The standard InChI is InChI=1S/C23H26N4O5S2/c1-21(13-24)12-23-20(29)26(6-5-25-7-9-30-10-8-25)22(2,34(23)33)19(28)27(23)18(21)15-3-4-16-17(11-15)32-14-31-16/h3-4,11,18H,5-10,12,14H2,1-2H3/t18?,21-,22+,23+,34?/m1/s1. The smallest absolute Gasteiger partial charge is 0.261 e. The lowest BCUT2D eigenvalue weighted by atomic mass is 9.79. The molecule has 4 fully saturated rings. The highest BCUT2D eigenvalue weighted by atomic mass is 32.8. The number of hydrogen-bond acceptors (Lipinski definition) is 8. The van der Waals surface area contributed by atoms with E-state index in [0.29, 0.717) is 37.8 Å². The van der Waals surface area contributed by atoms with Gasteiger partial charge in [-0.05, 0) is 42.7 Å². The first-order valence-electron chi connectivity index (χ1n) is 11.5. The van der Waals surface area contributed by atoms with Crippen molar-refractivity contribution in [1.82, 2.24) is 14.7 Å². The van der Waals surface area contributed by atoms with Crippen LogP contribution >= 0.6 is 0 Å². The van der Waals surface area contributed by atoms with Crippen LogP contribution in [-0.2, 0) is 35.0 Å². The molecule has 0 aliphatic carbocycles. The van der Waals surface area contributed by atoms with Crippen LogP contribution in [0.15, 0.2) is 18.2 Å². The zero-order valence-electron chi connectivity index (χ0n) is 19.1. The Labute approximate surface area is 205 Å². The molecule has 2 unspecified atom stereocenters. The van der Waals surface area contributed by atoms with Gasteiger partial charge in [-0.1, -0.05) is 15.5 Å². The number of nitriles is 1. The van der Waals surface area contributed by atoms with E-state index in [0.717, 1.165) is 18.7 Å². The lowest BCUT2D eigenvalue weighted by molar-refractivity contribution is -0.161. The number of hydrogen-bond donors (Lipinski definition) is 0. The highest BCUT2D eigenvalue weighted by Gasteiger charge is 2.81. The van der Waals surface area contributed by atoms with Gasteiger partial charge in [0.25, 0.3) is 11.8 Å². The summed E-state index contributed by atoms with van der Waals surface area (Å²) in [4.78, 5) is 31.5. The van der Waals surface area contributed by atoms with E-state index < -0.39 is 30.7 Å². The molecule has 9 nitrogen and oxygen atoms in total. The molecule has 1 aromatic rings. The van der Waals surface area contributed by atoms with Crippen LogP contribution < -0.4 is 9.47 Å². The van der Waals surface area contributed by atoms with Crippen LogP contribution in [0.4, 0.5) is 0 Å². The van der Waals surface area contributed by atoms with Crippen LogP contribution in [-0.4, -0.2) is 82.4 Å². The zero-order chi connectivity index (χ0) is 23.9. The van der Waals surface area contributed by atoms with Gasteiger partial charge in [0.05, 0.1) is 30.7 Å². The van der Waals surface area contributed by atoms with Crippen LogP contribution in [0.2, 0.25) is 0 Å². The molecule has 34 heavy (non-hydrogen) atoms. The number of piperazine rings is 1. The number of fused-ring (bicyclic) bond motifs is 2. The molecular formula is C23H26N4O5S2. The van der Waals surface area contributed by atoms with Crippen molar-refractivity contribution in [3.8, 4) is 17.6 Å². The third-order valence-electron chi connectivity index (χ3n) is 7.95. The fraction of sp³-hybridized carbons (Fsp3) is 0.609. The van der Waals surface area contributed by atoms with Gasteiger partial charge in [0.15, 0.2) is 21.2 Å². The maximum Gasteiger partial charge on any atom is 0.261 e. The van der Waals surface area contributed by atoms with E-state index in [1.807, 2.05) is 26.0 Å². The van der Waals surface area contributed by atoms with E-state index in [1.165, 1.54) is 0 Å². The molecule has 180 valence electrons. The molecular weight excluding hydrogens is 476 g/mol. The summed E-state index contributed by atoms with van der Waals surface area (Å²) in [5.41, 5.74) is -0.209. The van der Waals surface area contributed by atoms with E-state index in [9.17, 15) is 14.9 Å². The van der Waals surface area contributed by atoms with Crippen LogP contribution in [0.1, 0.15) is 31.9 Å². The van der Waals surface area contributed by atoms with E-state index in [4.69, 9.17) is 25.4 Å². The fourth-order valence-electron chi connectivity index (χ4n) is 6.20. The van der Waals surface area contributed by atoms with Crippen molar-refractivity contribution in [2.75, 3.05) is 46.2 Å². The molecule has 1 spiro atoms. The van der Waals surface area contributed by atoms with Gasteiger partial charge in [0.1, 0.15) is 0 Å². The number of amides is 2. The predicted molar refractivity (Wildman–Crippen MR) is 125 cm³/mol. The van der Waals surface area contributed by atoms with Crippen LogP contribution in [0.5, 0.6) is 11.5 Å². The van der Waals surface area contributed by atoms with E-state index in [2.05, 4.69) is 11.0 Å². The summed E-state index contributed by atoms with van der Waals surface area (Å²) in [5, 5.41) is 10.3. The van der Waals surface area contributed by atoms with Gasteiger partial charge < -0.3 is 24.0 Å². The van der Waals surface area contributed by atoms with Crippen LogP contribution in [0.25, 0.3) is 0 Å². The first-order valence-corrected chi connectivity index (χ1v) is 13.6. The molecule has 2 bridgehead atoms. The summed E-state index contributed by atoms with van der Waals surface area (Å²) in [6.07, 6.45) is 0.233. The number of rotatable bonds is 4. The average molecular weight is 503 g/mol. The van der Waals surface area contributed by atoms with Gasteiger partial charge in [0, 0.05) is 32.6 Å². The minimum Gasteiger partial charge on any atom is -0.454 e. The van der Waals surface area contributed by atoms with Crippen molar-refractivity contribution < 1.29 is 23.8 Å². The summed E-state index contributed by atoms with van der Waals surface area (Å²) in [7, 11) is -0.996. The van der Waals surface area contributed by atoms with Gasteiger partial charge in [0.2, 0.25) is 6.79 Å². The normalized spacial score (nSPS) is 38.5. The Morgan fingerprint density at radius 3 is 2.62 bits per heavy atom. The van der Waals surface area contributed by atoms with Gasteiger partial charge in [-0.3, -0.25) is 14.5 Å². The number of ether oxygens (including phenoxy) is 3. The summed E-state index contributed by atoms with van der Waals surface area (Å²) in [6, 6.07) is 7.32. The number of nitrogens with zero attached hydrogens (tertiary/aromatic N) is 4. The Kier molecular flexibility index (Phi) is 4.82. The second-order valence-corrected chi connectivity index (χ2v) is 12.9. The van der Waals surface area contributed by atoms with Crippen molar-refractivity contribution in [2.45, 2.75) is 36.1 Å². The van der Waals surface area contributed by atoms with Crippen molar-refractivity contribution in [3.05, 3.63) is 23.8 Å². The third kappa shape index (κ3) is 2.62. The SMILES string of the molecule is C[C@]1(C#N)C[C@]23C(=O)N(CCN4CCOCC4)[C@](C)(C(=O)N2C1c1ccc2c(c1)OCO2)S3=S. The number of carbonyl (C=O) groups is 2. The molecule has 5 atom stereocenters. The Morgan fingerprint density at radius 2 is 1.88 bits per heavy atom. The number of carbonyl (C=O) groups excluding carboxylic acids is 2. The largest absolute Gasteiger partial charge is 0.454 e. The topological polar surface area (TPSA) is 95.3 Å². The summed E-state index contributed by atoms with van der Waals surface area (Å²) in [5.74, 6) is 0.933. The zero-order valence-corrected chi connectivity index (χ0v) is 20.7. The fourth-order valence-corrected chi connectivity index (χ4v) is 9.67. The Bertz CT molecular complexity index is 1170. The molecule has 4 saturated heterocycles. The maximum absolute atomic E-state index is 14.1. The lowest BCUT2D eigenvalue weighted by Gasteiger charge is -2.42. The second kappa shape index (κ2) is 7.37. The summed E-state index contributed by atoms with van der Waals surface area (Å²) in [6.45, 7) is 7.85. The van der Waals surface area contributed by atoms with Gasteiger partial charge in [-0.2, -0.15) is 5.26 Å². The molecule has 0 N–H and O–H groups in total. The van der Waals surface area contributed by atoms with E-state index in [1.54, 1.807) is 15.9 Å². The molecule has 5 heterocycles. The lowest BCUT2D eigenvalue weighted by Crippen LogP contribution is -2.63. The molecule has 11 heteroatoms. The Morgan fingerprint density at radius 1 is 1.15 bits per heavy atom. The quantitative estimate of drug-likeness (QED) is 0.600. The molecule has 2 amide bonds. The molecule has 5 aliphatic heterocycles.